The molecule has 1 aliphatic rings. The molecule has 0 bridgehead atoms. The molecule has 1 saturated heterocycles. The molecule has 2 amide bonds. The largest absolute Gasteiger partial charge is 0.447 e. The standard InChI is InChI=1S/C20H21NO3/c1-15(17-10-6-3-7-11-17)12-19(22)21-18(14-24-20(21)23)13-16-8-4-2-5-9-16/h2-11,15,18H,12-14H2,1H3/t15?,18-/m0/s1. The van der Waals surface area contributed by atoms with Gasteiger partial charge in [-0.25, -0.2) is 9.69 Å². The van der Waals surface area contributed by atoms with Gasteiger partial charge in [-0.3, -0.25) is 4.79 Å². The van der Waals surface area contributed by atoms with Gasteiger partial charge in [0, 0.05) is 6.42 Å². The summed E-state index contributed by atoms with van der Waals surface area (Å²) in [7, 11) is 0. The maximum Gasteiger partial charge on any atom is 0.416 e. The molecule has 2 aromatic rings. The molecular weight excluding hydrogens is 302 g/mol. The van der Waals surface area contributed by atoms with E-state index in [0.29, 0.717) is 12.8 Å². The first-order valence-electron chi connectivity index (χ1n) is 8.23. The molecule has 3 rings (SSSR count). The number of imide groups is 1. The molecule has 4 heteroatoms. The van der Waals surface area contributed by atoms with Crippen LogP contribution in [0.5, 0.6) is 0 Å². The first kappa shape index (κ1) is 16.2. The van der Waals surface area contributed by atoms with Crippen molar-refractivity contribution in [1.29, 1.82) is 0 Å². The van der Waals surface area contributed by atoms with Gasteiger partial charge in [0.05, 0.1) is 6.04 Å². The van der Waals surface area contributed by atoms with Crippen molar-refractivity contribution >= 4 is 12.0 Å². The van der Waals surface area contributed by atoms with Crippen LogP contribution in [0.25, 0.3) is 0 Å². The molecule has 2 atom stereocenters. The van der Waals surface area contributed by atoms with E-state index in [1.165, 1.54) is 4.90 Å². The third-order valence-electron chi connectivity index (χ3n) is 4.39. The molecule has 0 radical (unpaired) electrons. The SMILES string of the molecule is CC(CC(=O)N1C(=O)OC[C@@H]1Cc1ccccc1)c1ccccc1. The van der Waals surface area contributed by atoms with E-state index in [2.05, 4.69) is 0 Å². The van der Waals surface area contributed by atoms with Gasteiger partial charge in [0.25, 0.3) is 0 Å². The first-order chi connectivity index (χ1) is 11.6. The molecule has 0 spiro atoms. The predicted molar refractivity (Wildman–Crippen MR) is 91.6 cm³/mol. The van der Waals surface area contributed by atoms with Gasteiger partial charge in [0.15, 0.2) is 0 Å². The second-order valence-electron chi connectivity index (χ2n) is 6.20. The number of ether oxygens (including phenoxy) is 1. The second kappa shape index (κ2) is 7.30. The fourth-order valence-electron chi connectivity index (χ4n) is 3.06. The van der Waals surface area contributed by atoms with Crippen LogP contribution in [0.15, 0.2) is 60.7 Å². The zero-order chi connectivity index (χ0) is 16.9. The van der Waals surface area contributed by atoms with Crippen LogP contribution in [-0.2, 0) is 16.0 Å². The van der Waals surface area contributed by atoms with Crippen molar-refractivity contribution in [2.45, 2.75) is 31.7 Å². The molecule has 0 N–H and O–H groups in total. The van der Waals surface area contributed by atoms with Gasteiger partial charge in [-0.05, 0) is 23.5 Å². The summed E-state index contributed by atoms with van der Waals surface area (Å²) in [6.07, 6.45) is 0.392. The van der Waals surface area contributed by atoms with E-state index in [4.69, 9.17) is 4.74 Å². The third-order valence-corrected chi connectivity index (χ3v) is 4.39. The number of nitrogens with zero attached hydrogens (tertiary/aromatic N) is 1. The Labute approximate surface area is 142 Å². The Balaban J connectivity index is 1.68. The van der Waals surface area contributed by atoms with Gasteiger partial charge in [0.1, 0.15) is 6.61 Å². The van der Waals surface area contributed by atoms with E-state index in [1.807, 2.05) is 67.6 Å². The van der Waals surface area contributed by atoms with Crippen LogP contribution in [0.2, 0.25) is 0 Å². The molecule has 2 aromatic carbocycles. The van der Waals surface area contributed by atoms with Gasteiger partial charge in [0.2, 0.25) is 5.91 Å². The van der Waals surface area contributed by atoms with Crippen molar-refractivity contribution in [2.24, 2.45) is 0 Å². The van der Waals surface area contributed by atoms with Crippen LogP contribution in [-0.4, -0.2) is 29.5 Å². The normalized spacial score (nSPS) is 18.3. The number of carbonyl (C=O) groups is 2. The lowest BCUT2D eigenvalue weighted by molar-refractivity contribution is -0.129. The Hall–Kier alpha value is -2.62. The van der Waals surface area contributed by atoms with E-state index in [1.54, 1.807) is 0 Å². The Morgan fingerprint density at radius 2 is 1.75 bits per heavy atom. The van der Waals surface area contributed by atoms with Crippen LogP contribution in [0.1, 0.15) is 30.4 Å². The lowest BCUT2D eigenvalue weighted by Gasteiger charge is -2.21. The molecule has 24 heavy (non-hydrogen) atoms. The van der Waals surface area contributed by atoms with Gasteiger partial charge < -0.3 is 4.74 Å². The number of rotatable bonds is 5. The Morgan fingerprint density at radius 3 is 2.42 bits per heavy atom. The van der Waals surface area contributed by atoms with E-state index < -0.39 is 6.09 Å². The Morgan fingerprint density at radius 1 is 1.12 bits per heavy atom. The van der Waals surface area contributed by atoms with Crippen LogP contribution in [0.3, 0.4) is 0 Å². The highest BCUT2D eigenvalue weighted by Crippen LogP contribution is 2.24. The van der Waals surface area contributed by atoms with Crippen molar-refractivity contribution in [3.8, 4) is 0 Å². The lowest BCUT2D eigenvalue weighted by Crippen LogP contribution is -2.40. The van der Waals surface area contributed by atoms with E-state index in [-0.39, 0.29) is 24.5 Å². The highest BCUT2D eigenvalue weighted by molar-refractivity contribution is 5.93. The highest BCUT2D eigenvalue weighted by atomic mass is 16.6. The number of benzene rings is 2. The monoisotopic (exact) mass is 323 g/mol. The van der Waals surface area contributed by atoms with E-state index in [9.17, 15) is 9.59 Å². The zero-order valence-corrected chi connectivity index (χ0v) is 13.7. The fourth-order valence-corrected chi connectivity index (χ4v) is 3.06. The summed E-state index contributed by atoms with van der Waals surface area (Å²) in [6.45, 7) is 2.26. The molecule has 1 aliphatic heterocycles. The summed E-state index contributed by atoms with van der Waals surface area (Å²) in [4.78, 5) is 26.0. The van der Waals surface area contributed by atoms with Gasteiger partial charge in [-0.15, -0.1) is 0 Å². The van der Waals surface area contributed by atoms with E-state index >= 15 is 0 Å². The van der Waals surface area contributed by atoms with Crippen molar-refractivity contribution in [3.63, 3.8) is 0 Å². The van der Waals surface area contributed by atoms with Gasteiger partial charge >= 0.3 is 6.09 Å². The molecular formula is C20H21NO3. The van der Waals surface area contributed by atoms with E-state index in [0.717, 1.165) is 11.1 Å². The lowest BCUT2D eigenvalue weighted by atomic mass is 9.97. The van der Waals surface area contributed by atoms with Gasteiger partial charge in [-0.1, -0.05) is 67.6 Å². The Kier molecular flexibility index (Phi) is 4.94. The summed E-state index contributed by atoms with van der Waals surface area (Å²) in [5.41, 5.74) is 2.19. The van der Waals surface area contributed by atoms with Crippen molar-refractivity contribution in [3.05, 3.63) is 71.8 Å². The maximum atomic E-state index is 12.7. The molecule has 0 saturated carbocycles. The van der Waals surface area contributed by atoms with Crippen molar-refractivity contribution < 1.29 is 14.3 Å². The van der Waals surface area contributed by atoms with Crippen molar-refractivity contribution in [1.82, 2.24) is 4.90 Å². The summed E-state index contributed by atoms with van der Waals surface area (Å²) < 4.78 is 5.12. The quantitative estimate of drug-likeness (QED) is 0.841. The summed E-state index contributed by atoms with van der Waals surface area (Å²) in [5.74, 6) is -0.112. The Bertz CT molecular complexity index is 699. The number of hydrogen-bond donors (Lipinski definition) is 0. The van der Waals surface area contributed by atoms with Crippen LogP contribution >= 0.6 is 0 Å². The summed E-state index contributed by atoms with van der Waals surface area (Å²) >= 11 is 0. The van der Waals surface area contributed by atoms with Gasteiger partial charge in [-0.2, -0.15) is 0 Å². The number of amides is 2. The molecule has 0 aliphatic carbocycles. The van der Waals surface area contributed by atoms with Crippen LogP contribution < -0.4 is 0 Å². The summed E-state index contributed by atoms with van der Waals surface area (Å²) in [6, 6.07) is 19.5. The molecule has 1 unspecified atom stereocenters. The fraction of sp³-hybridized carbons (Fsp3) is 0.300. The van der Waals surface area contributed by atoms with Crippen LogP contribution in [0, 0.1) is 0 Å². The minimum atomic E-state index is -0.527. The molecule has 4 nitrogen and oxygen atoms in total. The zero-order valence-electron chi connectivity index (χ0n) is 13.7. The predicted octanol–water partition coefficient (Wildman–Crippen LogP) is 3.77. The third kappa shape index (κ3) is 3.65. The second-order valence-corrected chi connectivity index (χ2v) is 6.20. The highest BCUT2D eigenvalue weighted by Gasteiger charge is 2.38. The number of cyclic esters (lactones) is 1. The average molecular weight is 323 g/mol. The van der Waals surface area contributed by atoms with Crippen LogP contribution in [0.4, 0.5) is 4.79 Å². The minimum absolute atomic E-state index is 0.0597. The smallest absolute Gasteiger partial charge is 0.416 e. The molecule has 124 valence electrons. The first-order valence-corrected chi connectivity index (χ1v) is 8.23. The molecule has 1 heterocycles. The molecule has 0 aromatic heterocycles. The topological polar surface area (TPSA) is 46.6 Å². The summed E-state index contributed by atoms with van der Waals surface area (Å²) in [5, 5.41) is 0. The molecule has 1 fully saturated rings. The number of carbonyl (C=O) groups excluding carboxylic acids is 2. The van der Waals surface area contributed by atoms with Crippen molar-refractivity contribution in [2.75, 3.05) is 6.61 Å². The average Bonchev–Trinajstić information content (AvgIpc) is 2.97. The number of hydrogen-bond acceptors (Lipinski definition) is 3. The maximum absolute atomic E-state index is 12.7. The minimum Gasteiger partial charge on any atom is -0.447 e.